The first-order valence-corrected chi connectivity index (χ1v) is 6.29. The average molecular weight is 275 g/mol. The monoisotopic (exact) mass is 275 g/mol. The standard InChI is InChI=1S/C14H20F3NO/c1-9(2)13(18-10(3)8-19)11-5-4-6-12(7-11)14(15,16)17/h4-7,9-10,13,18-19H,8H2,1-3H3/t10-,13?/m1/s1. The second-order valence-electron chi connectivity index (χ2n) is 5.10. The summed E-state index contributed by atoms with van der Waals surface area (Å²) in [5, 5.41) is 12.2. The van der Waals surface area contributed by atoms with E-state index in [4.69, 9.17) is 5.11 Å². The predicted molar refractivity (Wildman–Crippen MR) is 68.7 cm³/mol. The molecule has 1 rings (SSSR count). The highest BCUT2D eigenvalue weighted by Crippen LogP contribution is 2.32. The molecule has 1 unspecified atom stereocenters. The van der Waals surface area contributed by atoms with E-state index >= 15 is 0 Å². The van der Waals surface area contributed by atoms with Crippen LogP contribution in [0.3, 0.4) is 0 Å². The van der Waals surface area contributed by atoms with E-state index in [9.17, 15) is 13.2 Å². The van der Waals surface area contributed by atoms with Crippen molar-refractivity contribution in [1.82, 2.24) is 5.32 Å². The Labute approximate surface area is 111 Å². The minimum atomic E-state index is -4.33. The summed E-state index contributed by atoms with van der Waals surface area (Å²) in [6, 6.07) is 4.94. The first-order chi connectivity index (χ1) is 8.75. The summed E-state index contributed by atoms with van der Waals surface area (Å²) in [7, 11) is 0. The maximum Gasteiger partial charge on any atom is 0.416 e. The van der Waals surface area contributed by atoms with Crippen LogP contribution in [-0.2, 0) is 6.18 Å². The van der Waals surface area contributed by atoms with Crippen LogP contribution in [0.25, 0.3) is 0 Å². The van der Waals surface area contributed by atoms with Gasteiger partial charge in [-0.3, -0.25) is 0 Å². The van der Waals surface area contributed by atoms with Crippen LogP contribution in [0, 0.1) is 5.92 Å². The molecule has 0 bridgehead atoms. The Balaban J connectivity index is 3.03. The van der Waals surface area contributed by atoms with Gasteiger partial charge in [0, 0.05) is 12.1 Å². The van der Waals surface area contributed by atoms with Crippen molar-refractivity contribution in [2.45, 2.75) is 39.0 Å². The Hall–Kier alpha value is -1.07. The maximum atomic E-state index is 12.7. The molecule has 2 atom stereocenters. The van der Waals surface area contributed by atoms with Crippen molar-refractivity contribution in [1.29, 1.82) is 0 Å². The van der Waals surface area contributed by atoms with Crippen molar-refractivity contribution in [3.63, 3.8) is 0 Å². The molecule has 1 aromatic carbocycles. The summed E-state index contributed by atoms with van der Waals surface area (Å²) in [5.41, 5.74) is -0.0563. The van der Waals surface area contributed by atoms with Crippen LogP contribution in [-0.4, -0.2) is 17.8 Å². The highest BCUT2D eigenvalue weighted by Gasteiger charge is 2.31. The summed E-state index contributed by atoms with van der Waals surface area (Å²) in [4.78, 5) is 0. The molecule has 0 amide bonds. The van der Waals surface area contributed by atoms with Crippen LogP contribution in [0.15, 0.2) is 24.3 Å². The lowest BCUT2D eigenvalue weighted by Gasteiger charge is -2.26. The number of aliphatic hydroxyl groups excluding tert-OH is 1. The third kappa shape index (κ3) is 4.51. The van der Waals surface area contributed by atoms with Crippen LogP contribution >= 0.6 is 0 Å². The first-order valence-electron chi connectivity index (χ1n) is 6.29. The summed E-state index contributed by atoms with van der Waals surface area (Å²) >= 11 is 0. The fourth-order valence-electron chi connectivity index (χ4n) is 1.94. The molecular formula is C14H20F3NO. The van der Waals surface area contributed by atoms with Crippen molar-refractivity contribution in [3.05, 3.63) is 35.4 Å². The highest BCUT2D eigenvalue weighted by molar-refractivity contribution is 5.28. The smallest absolute Gasteiger partial charge is 0.395 e. The zero-order valence-corrected chi connectivity index (χ0v) is 11.3. The van der Waals surface area contributed by atoms with Crippen molar-refractivity contribution >= 4 is 0 Å². The number of alkyl halides is 3. The molecule has 0 aliphatic carbocycles. The fourth-order valence-corrected chi connectivity index (χ4v) is 1.94. The highest BCUT2D eigenvalue weighted by atomic mass is 19.4. The minimum absolute atomic E-state index is 0.0534. The van der Waals surface area contributed by atoms with Gasteiger partial charge in [-0.05, 0) is 30.5 Å². The molecule has 0 heterocycles. The Morgan fingerprint density at radius 3 is 2.32 bits per heavy atom. The lowest BCUT2D eigenvalue weighted by atomic mass is 9.94. The molecule has 0 saturated carbocycles. The van der Waals surface area contributed by atoms with Gasteiger partial charge in [-0.1, -0.05) is 26.0 Å². The molecule has 0 fully saturated rings. The molecule has 0 radical (unpaired) electrons. The third-order valence-corrected chi connectivity index (χ3v) is 2.98. The van der Waals surface area contributed by atoms with Gasteiger partial charge in [0.2, 0.25) is 0 Å². The maximum absolute atomic E-state index is 12.7. The second-order valence-corrected chi connectivity index (χ2v) is 5.10. The van der Waals surface area contributed by atoms with Crippen molar-refractivity contribution in [2.75, 3.05) is 6.61 Å². The summed E-state index contributed by atoms with van der Waals surface area (Å²) in [6.07, 6.45) is -4.33. The molecular weight excluding hydrogens is 255 g/mol. The van der Waals surface area contributed by atoms with Gasteiger partial charge >= 0.3 is 6.18 Å². The van der Waals surface area contributed by atoms with E-state index in [-0.39, 0.29) is 24.6 Å². The van der Waals surface area contributed by atoms with E-state index in [0.29, 0.717) is 5.56 Å². The van der Waals surface area contributed by atoms with Gasteiger partial charge in [0.1, 0.15) is 0 Å². The van der Waals surface area contributed by atoms with E-state index in [2.05, 4.69) is 5.32 Å². The third-order valence-electron chi connectivity index (χ3n) is 2.98. The zero-order chi connectivity index (χ0) is 14.6. The Kier molecular flexibility index (Phi) is 5.38. The predicted octanol–water partition coefficient (Wildman–Crippen LogP) is 3.37. The average Bonchev–Trinajstić information content (AvgIpc) is 2.34. The summed E-state index contributed by atoms with van der Waals surface area (Å²) < 4.78 is 38.1. The molecule has 2 N–H and O–H groups in total. The molecule has 0 aliphatic rings. The quantitative estimate of drug-likeness (QED) is 0.863. The topological polar surface area (TPSA) is 32.3 Å². The number of hydrogen-bond acceptors (Lipinski definition) is 2. The van der Waals surface area contributed by atoms with E-state index < -0.39 is 11.7 Å². The van der Waals surface area contributed by atoms with Crippen molar-refractivity contribution in [2.24, 2.45) is 5.92 Å². The van der Waals surface area contributed by atoms with Gasteiger partial charge in [0.15, 0.2) is 0 Å². The zero-order valence-electron chi connectivity index (χ0n) is 11.3. The van der Waals surface area contributed by atoms with Gasteiger partial charge < -0.3 is 10.4 Å². The van der Waals surface area contributed by atoms with E-state index in [1.807, 2.05) is 13.8 Å². The van der Waals surface area contributed by atoms with Crippen LogP contribution in [0.2, 0.25) is 0 Å². The first kappa shape index (κ1) is 16.0. The van der Waals surface area contributed by atoms with Crippen LogP contribution in [0.1, 0.15) is 37.9 Å². The normalized spacial score (nSPS) is 15.6. The number of aliphatic hydroxyl groups is 1. The molecule has 2 nitrogen and oxygen atoms in total. The lowest BCUT2D eigenvalue weighted by molar-refractivity contribution is -0.137. The molecule has 0 saturated heterocycles. The number of benzene rings is 1. The summed E-state index contributed by atoms with van der Waals surface area (Å²) in [6.45, 7) is 5.61. The number of halogens is 3. The molecule has 19 heavy (non-hydrogen) atoms. The van der Waals surface area contributed by atoms with E-state index in [1.165, 1.54) is 12.1 Å². The van der Waals surface area contributed by atoms with E-state index in [1.54, 1.807) is 13.0 Å². The number of nitrogens with one attached hydrogen (secondary N) is 1. The molecule has 1 aromatic rings. The van der Waals surface area contributed by atoms with Crippen LogP contribution in [0.5, 0.6) is 0 Å². The molecule has 0 spiro atoms. The van der Waals surface area contributed by atoms with Gasteiger partial charge in [-0.2, -0.15) is 13.2 Å². The molecule has 0 aliphatic heterocycles. The minimum Gasteiger partial charge on any atom is -0.395 e. The van der Waals surface area contributed by atoms with Crippen molar-refractivity contribution in [3.8, 4) is 0 Å². The molecule has 5 heteroatoms. The van der Waals surface area contributed by atoms with Gasteiger partial charge in [0.25, 0.3) is 0 Å². The van der Waals surface area contributed by atoms with E-state index in [0.717, 1.165) is 6.07 Å². The Morgan fingerprint density at radius 1 is 1.21 bits per heavy atom. The van der Waals surface area contributed by atoms with Crippen LogP contribution < -0.4 is 5.32 Å². The van der Waals surface area contributed by atoms with Crippen LogP contribution in [0.4, 0.5) is 13.2 Å². The fraction of sp³-hybridized carbons (Fsp3) is 0.571. The van der Waals surface area contributed by atoms with Gasteiger partial charge in [-0.15, -0.1) is 0 Å². The Bertz CT molecular complexity index is 404. The van der Waals surface area contributed by atoms with Gasteiger partial charge in [-0.25, -0.2) is 0 Å². The largest absolute Gasteiger partial charge is 0.416 e. The molecule has 108 valence electrons. The SMILES string of the molecule is CC(C)C(N[C@H](C)CO)c1cccc(C(F)(F)F)c1. The number of rotatable bonds is 5. The van der Waals surface area contributed by atoms with Gasteiger partial charge in [0.05, 0.1) is 12.2 Å². The summed E-state index contributed by atoms with van der Waals surface area (Å²) in [5.74, 6) is 0.123. The Morgan fingerprint density at radius 2 is 1.84 bits per heavy atom. The van der Waals surface area contributed by atoms with Crippen molar-refractivity contribution < 1.29 is 18.3 Å². The second kappa shape index (κ2) is 6.39. The molecule has 0 aromatic heterocycles. The lowest BCUT2D eigenvalue weighted by Crippen LogP contribution is -2.35. The number of hydrogen-bond donors (Lipinski definition) is 2.